The van der Waals surface area contributed by atoms with Crippen LogP contribution in [-0.2, 0) is 4.79 Å². The standard InChI is InChI=1S/C23H27NO5/c1-22(2)14-17(21(27)28-18-12-10-16(11-13-18)20(25)26)15-23(3,4)24(22)29-19-8-6-5-7-9-19/h5-13,17H,14-15H2,1-4H3,(H,25,26)/p-1. The van der Waals surface area contributed by atoms with Gasteiger partial charge in [-0.1, -0.05) is 18.2 Å². The van der Waals surface area contributed by atoms with Gasteiger partial charge in [0.2, 0.25) is 0 Å². The van der Waals surface area contributed by atoms with Crippen LogP contribution in [0.4, 0.5) is 0 Å². The van der Waals surface area contributed by atoms with E-state index in [2.05, 4.69) is 0 Å². The molecule has 3 rings (SSSR count). The summed E-state index contributed by atoms with van der Waals surface area (Å²) in [6.07, 6.45) is 1.14. The maximum absolute atomic E-state index is 12.8. The van der Waals surface area contributed by atoms with E-state index >= 15 is 0 Å². The first kappa shape index (κ1) is 20.9. The predicted molar refractivity (Wildman–Crippen MR) is 106 cm³/mol. The van der Waals surface area contributed by atoms with Gasteiger partial charge in [0.25, 0.3) is 0 Å². The molecule has 1 aliphatic rings. The molecule has 0 aromatic heterocycles. The fourth-order valence-electron chi connectivity index (χ4n) is 4.12. The number of ether oxygens (including phenoxy) is 1. The number of carbonyl (C=O) groups excluding carboxylic acids is 2. The third-order valence-electron chi connectivity index (χ3n) is 5.17. The second-order valence-corrected chi connectivity index (χ2v) is 8.66. The molecule has 0 unspecified atom stereocenters. The molecule has 1 heterocycles. The molecule has 6 heteroatoms. The first-order valence-electron chi connectivity index (χ1n) is 9.65. The molecule has 0 N–H and O–H groups in total. The summed E-state index contributed by atoms with van der Waals surface area (Å²) in [6.45, 7) is 8.19. The van der Waals surface area contributed by atoms with Crippen molar-refractivity contribution in [3.05, 3.63) is 60.2 Å². The molecular formula is C23H26NO5-. The van der Waals surface area contributed by atoms with Gasteiger partial charge < -0.3 is 19.5 Å². The Morgan fingerprint density at radius 1 is 0.897 bits per heavy atom. The van der Waals surface area contributed by atoms with E-state index in [-0.39, 0.29) is 17.5 Å². The summed E-state index contributed by atoms with van der Waals surface area (Å²) in [5.74, 6) is -0.832. The molecule has 0 bridgehead atoms. The largest absolute Gasteiger partial charge is 0.545 e. The fourth-order valence-corrected chi connectivity index (χ4v) is 4.12. The summed E-state index contributed by atoms with van der Waals surface area (Å²) in [5.41, 5.74) is -0.765. The quantitative estimate of drug-likeness (QED) is 0.570. The molecule has 2 aromatic carbocycles. The van der Waals surface area contributed by atoms with E-state index in [1.807, 2.05) is 63.1 Å². The van der Waals surface area contributed by atoms with E-state index in [0.29, 0.717) is 18.6 Å². The van der Waals surface area contributed by atoms with Crippen molar-refractivity contribution >= 4 is 11.9 Å². The lowest BCUT2D eigenvalue weighted by Gasteiger charge is -2.52. The lowest BCUT2D eigenvalue weighted by atomic mass is 9.75. The van der Waals surface area contributed by atoms with Crippen LogP contribution in [0.15, 0.2) is 54.6 Å². The molecule has 154 valence electrons. The normalized spacial score (nSPS) is 18.8. The van der Waals surface area contributed by atoms with E-state index in [9.17, 15) is 14.7 Å². The minimum Gasteiger partial charge on any atom is -0.545 e. The van der Waals surface area contributed by atoms with Gasteiger partial charge in [-0.3, -0.25) is 4.79 Å². The Labute approximate surface area is 171 Å². The molecule has 2 aromatic rings. The van der Waals surface area contributed by atoms with Gasteiger partial charge in [0, 0.05) is 0 Å². The monoisotopic (exact) mass is 396 g/mol. The Hall–Kier alpha value is -2.86. The van der Waals surface area contributed by atoms with Gasteiger partial charge in [0.05, 0.1) is 23.0 Å². The highest BCUT2D eigenvalue weighted by atomic mass is 16.7. The Bertz CT molecular complexity index is 856. The number of rotatable bonds is 5. The number of nitrogens with zero attached hydrogens (tertiary/aromatic N) is 1. The van der Waals surface area contributed by atoms with Crippen LogP contribution in [0, 0.1) is 5.92 Å². The molecular weight excluding hydrogens is 370 g/mol. The van der Waals surface area contributed by atoms with Gasteiger partial charge in [-0.2, -0.15) is 0 Å². The number of piperidine rings is 1. The second kappa shape index (κ2) is 7.87. The SMILES string of the molecule is CC1(C)CC(C(=O)Oc2ccc(C(=O)[O-])cc2)CC(C)(C)N1Oc1ccccc1. The molecule has 0 saturated carbocycles. The molecule has 1 fully saturated rings. The van der Waals surface area contributed by atoms with Gasteiger partial charge in [-0.15, -0.1) is 5.06 Å². The zero-order valence-electron chi connectivity index (χ0n) is 17.2. The zero-order chi connectivity index (χ0) is 21.2. The van der Waals surface area contributed by atoms with Crippen LogP contribution >= 0.6 is 0 Å². The maximum Gasteiger partial charge on any atom is 0.314 e. The van der Waals surface area contributed by atoms with Gasteiger partial charge in [0.1, 0.15) is 11.5 Å². The Morgan fingerprint density at radius 3 is 1.97 bits per heavy atom. The van der Waals surface area contributed by atoms with Crippen molar-refractivity contribution in [2.24, 2.45) is 5.92 Å². The molecule has 0 aliphatic carbocycles. The summed E-state index contributed by atoms with van der Waals surface area (Å²) in [4.78, 5) is 29.9. The predicted octanol–water partition coefficient (Wildman–Crippen LogP) is 3.22. The highest BCUT2D eigenvalue weighted by Gasteiger charge is 2.49. The van der Waals surface area contributed by atoms with E-state index in [0.717, 1.165) is 5.75 Å². The van der Waals surface area contributed by atoms with E-state index in [1.165, 1.54) is 24.3 Å². The first-order chi connectivity index (χ1) is 13.6. The number of carboxylic acids is 1. The van der Waals surface area contributed by atoms with Crippen molar-refractivity contribution in [3.8, 4) is 11.5 Å². The topological polar surface area (TPSA) is 78.9 Å². The van der Waals surface area contributed by atoms with Crippen molar-refractivity contribution in [3.63, 3.8) is 0 Å². The lowest BCUT2D eigenvalue weighted by molar-refractivity contribution is -0.255. The van der Waals surface area contributed by atoms with Crippen LogP contribution in [0.3, 0.4) is 0 Å². The number of carbonyl (C=O) groups is 2. The van der Waals surface area contributed by atoms with Crippen LogP contribution in [-0.4, -0.2) is 28.1 Å². The van der Waals surface area contributed by atoms with Gasteiger partial charge in [-0.25, -0.2) is 0 Å². The minimum absolute atomic E-state index is 0.0402. The Morgan fingerprint density at radius 2 is 1.45 bits per heavy atom. The van der Waals surface area contributed by atoms with E-state index < -0.39 is 17.0 Å². The molecule has 6 nitrogen and oxygen atoms in total. The summed E-state index contributed by atoms with van der Waals surface area (Å²) < 4.78 is 5.52. The van der Waals surface area contributed by atoms with Crippen molar-refractivity contribution in [1.82, 2.24) is 5.06 Å². The zero-order valence-corrected chi connectivity index (χ0v) is 17.2. The van der Waals surface area contributed by atoms with Crippen molar-refractivity contribution in [1.29, 1.82) is 0 Å². The number of esters is 1. The molecule has 1 aliphatic heterocycles. The van der Waals surface area contributed by atoms with Crippen LogP contribution in [0.2, 0.25) is 0 Å². The highest BCUT2D eigenvalue weighted by molar-refractivity contribution is 5.86. The number of aromatic carboxylic acids is 1. The van der Waals surface area contributed by atoms with Crippen LogP contribution in [0.5, 0.6) is 11.5 Å². The third kappa shape index (κ3) is 4.77. The number of hydroxylamine groups is 2. The number of hydrogen-bond acceptors (Lipinski definition) is 6. The third-order valence-corrected chi connectivity index (χ3v) is 5.17. The number of benzene rings is 2. The average Bonchev–Trinajstić information content (AvgIpc) is 2.65. The van der Waals surface area contributed by atoms with Crippen molar-refractivity contribution in [2.45, 2.75) is 51.6 Å². The van der Waals surface area contributed by atoms with E-state index in [1.54, 1.807) is 0 Å². The molecule has 0 spiro atoms. The summed E-state index contributed by atoms with van der Waals surface area (Å²) >= 11 is 0. The van der Waals surface area contributed by atoms with Crippen molar-refractivity contribution < 1.29 is 24.3 Å². The van der Waals surface area contributed by atoms with Gasteiger partial charge >= 0.3 is 5.97 Å². The fraction of sp³-hybridized carbons (Fsp3) is 0.391. The average molecular weight is 396 g/mol. The Kier molecular flexibility index (Phi) is 5.66. The second-order valence-electron chi connectivity index (χ2n) is 8.66. The number of carboxylic acid groups (broad SMARTS) is 1. The Balaban J connectivity index is 1.72. The summed E-state index contributed by atoms with van der Waals surface area (Å²) in [7, 11) is 0. The minimum atomic E-state index is -1.27. The first-order valence-corrected chi connectivity index (χ1v) is 9.65. The number of para-hydroxylation sites is 1. The van der Waals surface area contributed by atoms with Crippen LogP contribution in [0.25, 0.3) is 0 Å². The summed E-state index contributed by atoms with van der Waals surface area (Å²) in [5, 5.41) is 12.8. The number of hydrogen-bond donors (Lipinski definition) is 0. The highest BCUT2D eigenvalue weighted by Crippen LogP contribution is 2.42. The summed E-state index contributed by atoms with van der Waals surface area (Å²) in [6, 6.07) is 15.2. The smallest absolute Gasteiger partial charge is 0.314 e. The van der Waals surface area contributed by atoms with Crippen LogP contribution in [0.1, 0.15) is 50.9 Å². The van der Waals surface area contributed by atoms with Gasteiger partial charge in [-0.05, 0) is 82.5 Å². The molecule has 29 heavy (non-hydrogen) atoms. The maximum atomic E-state index is 12.8. The van der Waals surface area contributed by atoms with E-state index in [4.69, 9.17) is 9.57 Å². The molecule has 0 radical (unpaired) electrons. The molecule has 1 saturated heterocycles. The molecule has 0 amide bonds. The van der Waals surface area contributed by atoms with Gasteiger partial charge in [0.15, 0.2) is 0 Å². The lowest BCUT2D eigenvalue weighted by Crippen LogP contribution is -2.63. The van der Waals surface area contributed by atoms with Crippen LogP contribution < -0.4 is 14.7 Å². The van der Waals surface area contributed by atoms with Crippen molar-refractivity contribution in [2.75, 3.05) is 0 Å². The molecule has 0 atom stereocenters.